The van der Waals surface area contributed by atoms with Gasteiger partial charge in [-0.2, -0.15) is 0 Å². The third-order valence-corrected chi connectivity index (χ3v) is 6.34. The highest BCUT2D eigenvalue weighted by Crippen LogP contribution is 2.30. The fraction of sp³-hybridized carbons (Fsp3) is 0.250. The van der Waals surface area contributed by atoms with E-state index in [1.807, 2.05) is 67.8 Å². The second-order valence-corrected chi connectivity index (χ2v) is 8.35. The second kappa shape index (κ2) is 7.17. The number of aryl methyl sites for hydroxylation is 2. The molecular weight excluding hydrogens is 410 g/mol. The lowest BCUT2D eigenvalue weighted by atomic mass is 10.2. The van der Waals surface area contributed by atoms with E-state index in [4.69, 9.17) is 26.6 Å². The molecule has 0 fully saturated rings. The molecule has 3 aromatic heterocycles. The molecule has 6 nitrogen and oxygen atoms in total. The molecule has 3 heterocycles. The number of rotatable bonds is 3. The van der Waals surface area contributed by atoms with Gasteiger partial charge < -0.3 is 0 Å². The fourth-order valence-corrected chi connectivity index (χ4v) is 4.25. The predicted molar refractivity (Wildman–Crippen MR) is 125 cm³/mol. The van der Waals surface area contributed by atoms with Crippen molar-refractivity contribution >= 4 is 44.8 Å². The van der Waals surface area contributed by atoms with Crippen LogP contribution in [0.5, 0.6) is 0 Å². The molecule has 1 atom stereocenters. The minimum Gasteiger partial charge on any atom is -0.293 e. The zero-order chi connectivity index (χ0) is 21.9. The highest BCUT2D eigenvalue weighted by molar-refractivity contribution is 6.31. The van der Waals surface area contributed by atoms with E-state index in [2.05, 4.69) is 6.92 Å². The summed E-state index contributed by atoms with van der Waals surface area (Å²) in [5, 5.41) is 1.13. The van der Waals surface area contributed by atoms with Crippen LogP contribution < -0.4 is 5.56 Å². The van der Waals surface area contributed by atoms with Crippen molar-refractivity contribution in [2.45, 2.75) is 40.2 Å². The third-order valence-electron chi connectivity index (χ3n) is 5.93. The highest BCUT2D eigenvalue weighted by Gasteiger charge is 2.23. The number of hydrogen-bond donors (Lipinski definition) is 0. The normalized spacial score (nSPS) is 12.8. The molecule has 0 bridgehead atoms. The molecule has 0 aliphatic rings. The molecule has 0 saturated heterocycles. The van der Waals surface area contributed by atoms with Gasteiger partial charge in [0.1, 0.15) is 16.7 Å². The van der Waals surface area contributed by atoms with E-state index >= 15 is 0 Å². The van der Waals surface area contributed by atoms with Gasteiger partial charge in [-0.15, -0.1) is 0 Å². The number of nitrogens with zero attached hydrogens (tertiary/aromatic N) is 5. The molecule has 0 radical (unpaired) electrons. The molecule has 5 rings (SSSR count). The summed E-state index contributed by atoms with van der Waals surface area (Å²) in [6, 6.07) is 13.5. The van der Waals surface area contributed by atoms with Crippen molar-refractivity contribution in [2.75, 3.05) is 0 Å². The first-order chi connectivity index (χ1) is 14.9. The van der Waals surface area contributed by atoms with Crippen molar-refractivity contribution in [2.24, 2.45) is 0 Å². The molecule has 0 unspecified atom stereocenters. The van der Waals surface area contributed by atoms with E-state index in [1.165, 1.54) is 0 Å². The minimum atomic E-state index is -0.0941. The Morgan fingerprint density at radius 2 is 1.71 bits per heavy atom. The van der Waals surface area contributed by atoms with Crippen LogP contribution in [0, 0.1) is 13.8 Å². The molecule has 31 heavy (non-hydrogen) atoms. The number of benzene rings is 2. The van der Waals surface area contributed by atoms with Crippen LogP contribution in [0.3, 0.4) is 0 Å². The molecule has 2 aromatic carbocycles. The molecule has 0 saturated carbocycles. The monoisotopic (exact) mass is 431 g/mol. The first-order valence-electron chi connectivity index (χ1n) is 10.4. The van der Waals surface area contributed by atoms with Crippen molar-refractivity contribution in [3.63, 3.8) is 0 Å². The van der Waals surface area contributed by atoms with Crippen LogP contribution in [0.1, 0.15) is 37.7 Å². The van der Waals surface area contributed by atoms with E-state index in [0.717, 1.165) is 28.7 Å². The average molecular weight is 432 g/mol. The largest absolute Gasteiger partial charge is 0.293 e. The number of aromatic nitrogens is 5. The molecule has 0 N–H and O–H groups in total. The number of fused-ring (bicyclic) bond motifs is 4. The summed E-state index contributed by atoms with van der Waals surface area (Å²) >= 11 is 6.44. The van der Waals surface area contributed by atoms with Gasteiger partial charge in [0, 0.05) is 11.1 Å². The van der Waals surface area contributed by atoms with E-state index in [0.29, 0.717) is 33.0 Å². The van der Waals surface area contributed by atoms with Gasteiger partial charge in [-0.25, -0.2) is 15.0 Å². The number of hydrogen-bond acceptors (Lipinski definition) is 4. The molecule has 7 heteroatoms. The van der Waals surface area contributed by atoms with Gasteiger partial charge in [0.05, 0.1) is 16.7 Å². The predicted octanol–water partition coefficient (Wildman–Crippen LogP) is 5.52. The summed E-state index contributed by atoms with van der Waals surface area (Å²) in [6.07, 6.45) is 0.828. The van der Waals surface area contributed by atoms with Crippen LogP contribution in [0.2, 0.25) is 5.02 Å². The Balaban J connectivity index is 2.02. The zero-order valence-electron chi connectivity index (χ0n) is 17.8. The summed E-state index contributed by atoms with van der Waals surface area (Å²) in [5.74, 6) is 0.665. The summed E-state index contributed by atoms with van der Waals surface area (Å²) in [7, 11) is 0. The topological polar surface area (TPSA) is 65.6 Å². The van der Waals surface area contributed by atoms with Crippen LogP contribution in [-0.4, -0.2) is 24.1 Å². The van der Waals surface area contributed by atoms with Crippen LogP contribution in [0.15, 0.2) is 47.3 Å². The first kappa shape index (κ1) is 19.7. The van der Waals surface area contributed by atoms with E-state index in [9.17, 15) is 4.79 Å². The lowest BCUT2D eigenvalue weighted by molar-refractivity contribution is 0.497. The zero-order valence-corrected chi connectivity index (χ0v) is 18.6. The summed E-state index contributed by atoms with van der Waals surface area (Å²) in [6.45, 7) is 7.92. The quantitative estimate of drug-likeness (QED) is 0.377. The number of halogens is 1. The van der Waals surface area contributed by atoms with E-state index in [-0.39, 0.29) is 11.6 Å². The van der Waals surface area contributed by atoms with Crippen molar-refractivity contribution in [1.29, 1.82) is 0 Å². The summed E-state index contributed by atoms with van der Waals surface area (Å²) < 4.78 is 3.65. The Morgan fingerprint density at radius 1 is 1.00 bits per heavy atom. The van der Waals surface area contributed by atoms with Crippen molar-refractivity contribution < 1.29 is 0 Å². The van der Waals surface area contributed by atoms with E-state index in [1.54, 1.807) is 4.57 Å². The van der Waals surface area contributed by atoms with Crippen LogP contribution in [0.25, 0.3) is 38.9 Å². The SMILES string of the molecule is CC[C@@H](C)n1c(C)nc2c(c1=O)c1nc3ccccc3nc1n2-c1ccc(C)c(Cl)c1. The minimum absolute atomic E-state index is 0.0324. The number of para-hydroxylation sites is 2. The third kappa shape index (κ3) is 2.93. The smallest absolute Gasteiger partial charge is 0.265 e. The molecule has 156 valence electrons. The Labute approximate surface area is 184 Å². The Morgan fingerprint density at radius 3 is 2.39 bits per heavy atom. The van der Waals surface area contributed by atoms with Gasteiger partial charge in [0.25, 0.3) is 5.56 Å². The van der Waals surface area contributed by atoms with Gasteiger partial charge in [-0.05, 0) is 57.0 Å². The maximum Gasteiger partial charge on any atom is 0.265 e. The molecule has 0 aliphatic carbocycles. The molecule has 0 amide bonds. The van der Waals surface area contributed by atoms with Gasteiger partial charge in [0.15, 0.2) is 11.3 Å². The molecule has 5 aromatic rings. The van der Waals surface area contributed by atoms with Crippen LogP contribution >= 0.6 is 11.6 Å². The summed E-state index contributed by atoms with van der Waals surface area (Å²) in [4.78, 5) is 28.3. The van der Waals surface area contributed by atoms with Crippen molar-refractivity contribution in [1.82, 2.24) is 24.1 Å². The highest BCUT2D eigenvalue weighted by atomic mass is 35.5. The van der Waals surface area contributed by atoms with Crippen LogP contribution in [0.4, 0.5) is 0 Å². The van der Waals surface area contributed by atoms with Gasteiger partial charge in [0.2, 0.25) is 0 Å². The van der Waals surface area contributed by atoms with Gasteiger partial charge >= 0.3 is 0 Å². The Hall–Kier alpha value is -3.25. The lowest BCUT2D eigenvalue weighted by Gasteiger charge is -2.16. The first-order valence-corrected chi connectivity index (χ1v) is 10.7. The maximum absolute atomic E-state index is 13.7. The Kier molecular flexibility index (Phi) is 4.55. The standard InChI is InChI=1S/C24H22ClN5O/c1-5-14(3)29-15(4)26-22-20(24(29)31)21-23(28-19-9-7-6-8-18(19)27-21)30(22)16-11-10-13(2)17(25)12-16/h6-12,14H,5H2,1-4H3/t14-/m1/s1. The molecule has 0 aliphatic heterocycles. The second-order valence-electron chi connectivity index (χ2n) is 7.94. The molecular formula is C24H22ClN5O. The van der Waals surface area contributed by atoms with Crippen LogP contribution in [-0.2, 0) is 0 Å². The lowest BCUT2D eigenvalue weighted by Crippen LogP contribution is -2.26. The molecule has 0 spiro atoms. The average Bonchev–Trinajstić information content (AvgIpc) is 3.06. The summed E-state index contributed by atoms with van der Waals surface area (Å²) in [5.41, 5.74) is 4.89. The van der Waals surface area contributed by atoms with Crippen molar-refractivity contribution in [3.05, 3.63) is 69.2 Å². The maximum atomic E-state index is 13.7. The fourth-order valence-electron chi connectivity index (χ4n) is 4.08. The van der Waals surface area contributed by atoms with E-state index < -0.39 is 0 Å². The van der Waals surface area contributed by atoms with Gasteiger partial charge in [-0.3, -0.25) is 13.9 Å². The van der Waals surface area contributed by atoms with Crippen molar-refractivity contribution in [3.8, 4) is 5.69 Å². The Bertz CT molecular complexity index is 1550. The van der Waals surface area contributed by atoms with Gasteiger partial charge in [-0.1, -0.05) is 36.7 Å².